The summed E-state index contributed by atoms with van der Waals surface area (Å²) < 4.78 is 16.8. The van der Waals surface area contributed by atoms with Gasteiger partial charge in [0.25, 0.3) is 0 Å². The lowest BCUT2D eigenvalue weighted by atomic mass is 9.76. The molecule has 2 fully saturated rings. The van der Waals surface area contributed by atoms with Crippen LogP contribution in [0.2, 0.25) is 0 Å². The van der Waals surface area contributed by atoms with E-state index in [2.05, 4.69) is 12.1 Å². The van der Waals surface area contributed by atoms with Gasteiger partial charge in [0, 0.05) is 25.9 Å². The SMILES string of the molecule is COc1ccc(C(N)C2CCOC3(CCOCC3)C2)cc1. The summed E-state index contributed by atoms with van der Waals surface area (Å²) in [6.45, 7) is 2.43. The summed E-state index contributed by atoms with van der Waals surface area (Å²) in [6, 6.07) is 8.20. The minimum atomic E-state index is 0.00522. The highest BCUT2D eigenvalue weighted by atomic mass is 16.5. The van der Waals surface area contributed by atoms with Crippen molar-refractivity contribution in [2.24, 2.45) is 11.7 Å². The first kappa shape index (κ1) is 14.8. The summed E-state index contributed by atoms with van der Waals surface area (Å²) >= 11 is 0. The van der Waals surface area contributed by atoms with Gasteiger partial charge in [-0.05, 0) is 49.3 Å². The molecule has 2 aliphatic heterocycles. The maximum absolute atomic E-state index is 6.52. The van der Waals surface area contributed by atoms with Crippen LogP contribution >= 0.6 is 0 Å². The van der Waals surface area contributed by atoms with Crippen LogP contribution in [0.5, 0.6) is 5.75 Å². The molecule has 4 heteroatoms. The van der Waals surface area contributed by atoms with Gasteiger partial charge in [-0.25, -0.2) is 0 Å². The molecule has 1 aromatic rings. The number of hydrogen-bond donors (Lipinski definition) is 1. The number of nitrogens with two attached hydrogens (primary N) is 1. The van der Waals surface area contributed by atoms with Crippen LogP contribution in [0.25, 0.3) is 0 Å². The third kappa shape index (κ3) is 3.23. The Bertz CT molecular complexity index is 448. The Morgan fingerprint density at radius 1 is 1.19 bits per heavy atom. The number of hydrogen-bond acceptors (Lipinski definition) is 4. The summed E-state index contributed by atoms with van der Waals surface area (Å²) in [4.78, 5) is 0. The van der Waals surface area contributed by atoms with Crippen molar-refractivity contribution in [1.82, 2.24) is 0 Å². The molecule has 0 bridgehead atoms. The van der Waals surface area contributed by atoms with Crippen LogP contribution < -0.4 is 10.5 Å². The van der Waals surface area contributed by atoms with E-state index >= 15 is 0 Å². The van der Waals surface area contributed by atoms with Gasteiger partial charge >= 0.3 is 0 Å². The average molecular weight is 291 g/mol. The predicted molar refractivity (Wildman–Crippen MR) is 81.4 cm³/mol. The molecule has 21 heavy (non-hydrogen) atoms. The quantitative estimate of drug-likeness (QED) is 0.930. The average Bonchev–Trinajstić information content (AvgIpc) is 2.55. The Hall–Kier alpha value is -1.10. The highest BCUT2D eigenvalue weighted by Gasteiger charge is 2.40. The molecule has 4 nitrogen and oxygen atoms in total. The molecule has 2 N–H and O–H groups in total. The van der Waals surface area contributed by atoms with E-state index in [0.717, 1.165) is 51.3 Å². The smallest absolute Gasteiger partial charge is 0.118 e. The van der Waals surface area contributed by atoms with E-state index in [1.54, 1.807) is 7.11 Å². The molecule has 0 saturated carbocycles. The number of benzene rings is 1. The topological polar surface area (TPSA) is 53.7 Å². The normalized spacial score (nSPS) is 26.5. The molecule has 0 aromatic heterocycles. The van der Waals surface area contributed by atoms with Crippen LogP contribution in [-0.4, -0.2) is 32.5 Å². The Kier molecular flexibility index (Phi) is 4.48. The summed E-state index contributed by atoms with van der Waals surface area (Å²) in [5, 5.41) is 0. The standard InChI is InChI=1S/C17H25NO3/c1-19-15-4-2-13(3-5-15)16(18)14-6-9-21-17(12-14)7-10-20-11-8-17/h2-5,14,16H,6-12,18H2,1H3. The number of ether oxygens (including phenoxy) is 3. The van der Waals surface area contributed by atoms with Gasteiger partial charge in [0.05, 0.1) is 12.7 Å². The van der Waals surface area contributed by atoms with Gasteiger partial charge in [-0.2, -0.15) is 0 Å². The van der Waals surface area contributed by atoms with Crippen molar-refractivity contribution in [1.29, 1.82) is 0 Å². The van der Waals surface area contributed by atoms with Gasteiger partial charge in [-0.3, -0.25) is 0 Å². The predicted octanol–water partition coefficient (Wildman–Crippen LogP) is 2.67. The Morgan fingerprint density at radius 3 is 2.57 bits per heavy atom. The van der Waals surface area contributed by atoms with Gasteiger partial charge in [0.1, 0.15) is 5.75 Å². The molecular formula is C17H25NO3. The lowest BCUT2D eigenvalue weighted by Crippen LogP contribution is -2.46. The van der Waals surface area contributed by atoms with Gasteiger partial charge in [-0.15, -0.1) is 0 Å². The fraction of sp³-hybridized carbons (Fsp3) is 0.647. The second kappa shape index (κ2) is 6.34. The summed E-state index contributed by atoms with van der Waals surface area (Å²) in [5.41, 5.74) is 7.71. The molecule has 2 aliphatic rings. The van der Waals surface area contributed by atoms with Crippen LogP contribution in [0.3, 0.4) is 0 Å². The van der Waals surface area contributed by atoms with Crippen molar-refractivity contribution in [3.05, 3.63) is 29.8 Å². The van der Waals surface area contributed by atoms with Gasteiger partial charge in [-0.1, -0.05) is 12.1 Å². The summed E-state index contributed by atoms with van der Waals surface area (Å²) in [6.07, 6.45) is 4.08. The lowest BCUT2D eigenvalue weighted by Gasteiger charge is -2.44. The van der Waals surface area contributed by atoms with Crippen molar-refractivity contribution >= 4 is 0 Å². The van der Waals surface area contributed by atoms with E-state index in [1.165, 1.54) is 5.56 Å². The highest BCUT2D eigenvalue weighted by Crippen LogP contribution is 2.41. The second-order valence-corrected chi connectivity index (χ2v) is 6.20. The van der Waals surface area contributed by atoms with Crippen LogP contribution in [0.4, 0.5) is 0 Å². The summed E-state index contributed by atoms with van der Waals surface area (Å²) in [7, 11) is 1.68. The van der Waals surface area contributed by atoms with E-state index in [1.807, 2.05) is 12.1 Å². The Labute approximate surface area is 126 Å². The van der Waals surface area contributed by atoms with Crippen LogP contribution in [0.15, 0.2) is 24.3 Å². The molecule has 2 heterocycles. The van der Waals surface area contributed by atoms with Gasteiger partial charge in [0.15, 0.2) is 0 Å². The van der Waals surface area contributed by atoms with Gasteiger partial charge < -0.3 is 19.9 Å². The van der Waals surface area contributed by atoms with Crippen LogP contribution in [0.1, 0.15) is 37.3 Å². The first-order valence-corrected chi connectivity index (χ1v) is 7.84. The molecule has 116 valence electrons. The summed E-state index contributed by atoms with van der Waals surface area (Å²) in [5.74, 6) is 1.35. The molecule has 1 spiro atoms. The second-order valence-electron chi connectivity index (χ2n) is 6.20. The van der Waals surface area contributed by atoms with Crippen LogP contribution in [-0.2, 0) is 9.47 Å². The van der Waals surface area contributed by atoms with Crippen LogP contribution in [0, 0.1) is 5.92 Å². The Morgan fingerprint density at radius 2 is 1.90 bits per heavy atom. The molecule has 2 saturated heterocycles. The van der Waals surface area contributed by atoms with Crippen molar-refractivity contribution in [3.8, 4) is 5.75 Å². The van der Waals surface area contributed by atoms with E-state index in [9.17, 15) is 0 Å². The van der Waals surface area contributed by atoms with E-state index in [4.69, 9.17) is 19.9 Å². The molecule has 1 aromatic carbocycles. The van der Waals surface area contributed by atoms with E-state index in [0.29, 0.717) is 5.92 Å². The third-order valence-corrected chi connectivity index (χ3v) is 4.94. The van der Waals surface area contributed by atoms with Crippen molar-refractivity contribution in [3.63, 3.8) is 0 Å². The maximum Gasteiger partial charge on any atom is 0.118 e. The number of rotatable bonds is 3. The first-order valence-electron chi connectivity index (χ1n) is 7.84. The van der Waals surface area contributed by atoms with Crippen molar-refractivity contribution in [2.45, 2.75) is 37.3 Å². The van der Waals surface area contributed by atoms with Gasteiger partial charge in [0.2, 0.25) is 0 Å². The van der Waals surface area contributed by atoms with Crippen molar-refractivity contribution < 1.29 is 14.2 Å². The molecular weight excluding hydrogens is 266 g/mol. The largest absolute Gasteiger partial charge is 0.497 e. The highest BCUT2D eigenvalue weighted by molar-refractivity contribution is 5.29. The molecule has 0 aliphatic carbocycles. The van der Waals surface area contributed by atoms with Crippen molar-refractivity contribution in [2.75, 3.05) is 26.9 Å². The zero-order chi connectivity index (χ0) is 14.7. The number of methoxy groups -OCH3 is 1. The fourth-order valence-corrected chi connectivity index (χ4v) is 3.56. The lowest BCUT2D eigenvalue weighted by molar-refractivity contribution is -0.149. The zero-order valence-electron chi connectivity index (χ0n) is 12.7. The zero-order valence-corrected chi connectivity index (χ0v) is 12.7. The third-order valence-electron chi connectivity index (χ3n) is 4.94. The minimum Gasteiger partial charge on any atom is -0.497 e. The minimum absolute atomic E-state index is 0.00522. The van der Waals surface area contributed by atoms with E-state index < -0.39 is 0 Å². The molecule has 2 atom stereocenters. The molecule has 2 unspecified atom stereocenters. The Balaban J connectivity index is 1.69. The first-order chi connectivity index (χ1) is 10.2. The molecule has 0 amide bonds. The maximum atomic E-state index is 6.52. The molecule has 0 radical (unpaired) electrons. The molecule has 3 rings (SSSR count). The monoisotopic (exact) mass is 291 g/mol. The van der Waals surface area contributed by atoms with E-state index in [-0.39, 0.29) is 11.6 Å². The fourth-order valence-electron chi connectivity index (χ4n) is 3.56.